The molecule has 2 aliphatic heterocycles. The molecular weight excluding hydrogens is 448 g/mol. The highest BCUT2D eigenvalue weighted by atomic mass is 16.6. The first-order valence-corrected chi connectivity index (χ1v) is 11.8. The van der Waals surface area contributed by atoms with Crippen molar-refractivity contribution >= 4 is 17.8 Å². The highest BCUT2D eigenvalue weighted by Gasteiger charge is 2.27. The SMILES string of the molecule is CCOC(=O)N1CCc2cc(OC)c(C(=O)Nc3cccc(-c4nnc5n4C(C)CC5)n3)cc2C1. The molecule has 0 fully saturated rings. The second-order valence-electron chi connectivity index (χ2n) is 8.75. The third kappa shape index (κ3) is 4.31. The van der Waals surface area contributed by atoms with Crippen molar-refractivity contribution in [3.05, 3.63) is 52.8 Å². The Hall–Kier alpha value is -3.95. The molecule has 10 heteroatoms. The van der Waals surface area contributed by atoms with Crippen LogP contribution in [0.25, 0.3) is 11.5 Å². The average Bonchev–Trinajstić information content (AvgIpc) is 3.46. The van der Waals surface area contributed by atoms with E-state index < -0.39 is 0 Å². The third-order valence-corrected chi connectivity index (χ3v) is 6.52. The van der Waals surface area contributed by atoms with Crippen molar-refractivity contribution in [1.29, 1.82) is 0 Å². The highest BCUT2D eigenvalue weighted by molar-refractivity contribution is 6.06. The number of amides is 2. The van der Waals surface area contributed by atoms with Crippen LogP contribution in [0.4, 0.5) is 10.6 Å². The maximum Gasteiger partial charge on any atom is 0.410 e. The van der Waals surface area contributed by atoms with Gasteiger partial charge in [-0.3, -0.25) is 4.79 Å². The van der Waals surface area contributed by atoms with Gasteiger partial charge in [-0.25, -0.2) is 9.78 Å². The van der Waals surface area contributed by atoms with Gasteiger partial charge in [0, 0.05) is 25.6 Å². The minimum atomic E-state index is -0.352. The predicted octanol–water partition coefficient (Wildman–Crippen LogP) is 3.62. The largest absolute Gasteiger partial charge is 0.496 e. The highest BCUT2D eigenvalue weighted by Crippen LogP contribution is 2.31. The Morgan fingerprint density at radius 3 is 2.83 bits per heavy atom. The Kier molecular flexibility index (Phi) is 6.10. The van der Waals surface area contributed by atoms with Crippen LogP contribution in [-0.4, -0.2) is 56.9 Å². The molecule has 5 rings (SSSR count). The molecule has 0 radical (unpaired) electrons. The minimum Gasteiger partial charge on any atom is -0.496 e. The number of benzene rings is 1. The summed E-state index contributed by atoms with van der Waals surface area (Å²) in [6.45, 7) is 5.18. The van der Waals surface area contributed by atoms with Gasteiger partial charge in [0.25, 0.3) is 5.91 Å². The normalized spacial score (nSPS) is 16.4. The summed E-state index contributed by atoms with van der Waals surface area (Å²) in [7, 11) is 1.54. The summed E-state index contributed by atoms with van der Waals surface area (Å²) in [6.07, 6.45) is 2.24. The molecule has 2 aromatic heterocycles. The molecule has 1 aromatic carbocycles. The van der Waals surface area contributed by atoms with E-state index in [1.54, 1.807) is 24.0 Å². The molecule has 10 nitrogen and oxygen atoms in total. The average molecular weight is 477 g/mol. The van der Waals surface area contributed by atoms with Crippen molar-refractivity contribution in [2.24, 2.45) is 0 Å². The lowest BCUT2D eigenvalue weighted by atomic mass is 9.96. The van der Waals surface area contributed by atoms with E-state index in [2.05, 4.69) is 32.0 Å². The van der Waals surface area contributed by atoms with Crippen LogP contribution >= 0.6 is 0 Å². The fourth-order valence-electron chi connectivity index (χ4n) is 4.72. The van der Waals surface area contributed by atoms with Gasteiger partial charge in [-0.05, 0) is 62.1 Å². The van der Waals surface area contributed by atoms with E-state index >= 15 is 0 Å². The molecule has 0 bridgehead atoms. The predicted molar refractivity (Wildman–Crippen MR) is 128 cm³/mol. The fraction of sp³-hybridized carbons (Fsp3) is 0.400. The molecule has 0 saturated carbocycles. The molecule has 182 valence electrons. The van der Waals surface area contributed by atoms with E-state index in [4.69, 9.17) is 9.47 Å². The van der Waals surface area contributed by atoms with Gasteiger partial charge in [0.2, 0.25) is 0 Å². The van der Waals surface area contributed by atoms with Crippen molar-refractivity contribution in [3.63, 3.8) is 0 Å². The summed E-state index contributed by atoms with van der Waals surface area (Å²) in [5.74, 6) is 2.20. The number of nitrogens with zero attached hydrogens (tertiary/aromatic N) is 5. The number of carbonyl (C=O) groups excluding carboxylic acids is 2. The number of fused-ring (bicyclic) bond motifs is 2. The van der Waals surface area contributed by atoms with Crippen molar-refractivity contribution < 1.29 is 19.1 Å². The Balaban J connectivity index is 1.39. The Morgan fingerprint density at radius 1 is 1.17 bits per heavy atom. The van der Waals surface area contributed by atoms with Crippen molar-refractivity contribution in [3.8, 4) is 17.3 Å². The molecule has 4 heterocycles. The number of aromatic nitrogens is 4. The van der Waals surface area contributed by atoms with Crippen molar-refractivity contribution in [2.75, 3.05) is 25.6 Å². The summed E-state index contributed by atoms with van der Waals surface area (Å²) < 4.78 is 12.8. The molecule has 1 N–H and O–H groups in total. The molecule has 0 aliphatic carbocycles. The molecule has 1 unspecified atom stereocenters. The summed E-state index contributed by atoms with van der Waals surface area (Å²) in [5, 5.41) is 11.5. The zero-order valence-electron chi connectivity index (χ0n) is 20.1. The van der Waals surface area contributed by atoms with E-state index in [0.717, 1.165) is 29.8 Å². The Morgan fingerprint density at radius 2 is 2.03 bits per heavy atom. The van der Waals surface area contributed by atoms with Crippen LogP contribution in [0.2, 0.25) is 0 Å². The molecule has 2 amide bonds. The van der Waals surface area contributed by atoms with Gasteiger partial charge in [0.05, 0.1) is 19.3 Å². The second kappa shape index (κ2) is 9.36. The number of rotatable bonds is 5. The maximum atomic E-state index is 13.3. The number of hydrogen-bond donors (Lipinski definition) is 1. The van der Waals surface area contributed by atoms with E-state index in [0.29, 0.717) is 60.8 Å². The first-order valence-electron chi connectivity index (χ1n) is 11.8. The minimum absolute atomic E-state index is 0.309. The number of hydrogen-bond acceptors (Lipinski definition) is 7. The number of methoxy groups -OCH3 is 1. The zero-order valence-corrected chi connectivity index (χ0v) is 20.1. The number of aryl methyl sites for hydroxylation is 1. The number of carbonyl (C=O) groups is 2. The van der Waals surface area contributed by atoms with Gasteiger partial charge < -0.3 is 24.3 Å². The second-order valence-corrected chi connectivity index (χ2v) is 8.75. The van der Waals surface area contributed by atoms with Gasteiger partial charge in [0.1, 0.15) is 23.1 Å². The third-order valence-electron chi connectivity index (χ3n) is 6.52. The van der Waals surface area contributed by atoms with Crippen molar-refractivity contribution in [1.82, 2.24) is 24.6 Å². The molecule has 35 heavy (non-hydrogen) atoms. The first-order chi connectivity index (χ1) is 17.0. The van der Waals surface area contributed by atoms with E-state index in [-0.39, 0.29) is 12.0 Å². The van der Waals surface area contributed by atoms with Crippen LogP contribution in [0.1, 0.15) is 53.6 Å². The van der Waals surface area contributed by atoms with Crippen molar-refractivity contribution in [2.45, 2.75) is 45.7 Å². The smallest absolute Gasteiger partial charge is 0.410 e. The molecule has 0 saturated heterocycles. The van der Waals surface area contributed by atoms with Gasteiger partial charge in [-0.2, -0.15) is 0 Å². The van der Waals surface area contributed by atoms with Crippen LogP contribution in [0, 0.1) is 0 Å². The van der Waals surface area contributed by atoms with Gasteiger partial charge in [-0.15, -0.1) is 10.2 Å². The Bertz CT molecular complexity index is 1290. The first kappa shape index (κ1) is 22.8. The lowest BCUT2D eigenvalue weighted by Crippen LogP contribution is -2.36. The maximum absolute atomic E-state index is 13.3. The lowest BCUT2D eigenvalue weighted by Gasteiger charge is -2.28. The van der Waals surface area contributed by atoms with Gasteiger partial charge >= 0.3 is 6.09 Å². The van der Waals surface area contributed by atoms with Gasteiger partial charge in [0.15, 0.2) is 5.82 Å². The molecule has 0 spiro atoms. The summed E-state index contributed by atoms with van der Waals surface area (Å²) in [5.41, 5.74) is 2.97. The van der Waals surface area contributed by atoms with Crippen LogP contribution in [0.15, 0.2) is 30.3 Å². The number of anilines is 1. The molecule has 3 aromatic rings. The Labute approximate surface area is 203 Å². The summed E-state index contributed by atoms with van der Waals surface area (Å²) in [4.78, 5) is 31.7. The quantitative estimate of drug-likeness (QED) is 0.599. The summed E-state index contributed by atoms with van der Waals surface area (Å²) in [6, 6.07) is 9.40. The van der Waals surface area contributed by atoms with Crippen LogP contribution in [-0.2, 0) is 24.1 Å². The van der Waals surface area contributed by atoms with Gasteiger partial charge in [-0.1, -0.05) is 6.07 Å². The molecule has 1 atom stereocenters. The fourth-order valence-corrected chi connectivity index (χ4v) is 4.72. The van der Waals surface area contributed by atoms with E-state index in [1.807, 2.05) is 18.2 Å². The molecular formula is C25H28N6O4. The van der Waals surface area contributed by atoms with Crippen LogP contribution < -0.4 is 10.1 Å². The van der Waals surface area contributed by atoms with Crippen LogP contribution in [0.5, 0.6) is 5.75 Å². The zero-order chi connectivity index (χ0) is 24.5. The van der Waals surface area contributed by atoms with Crippen LogP contribution in [0.3, 0.4) is 0 Å². The molecule has 2 aliphatic rings. The summed E-state index contributed by atoms with van der Waals surface area (Å²) >= 11 is 0. The standard InChI is InChI=1S/C25H28N6O4/c1-4-35-25(33)30-11-10-16-13-20(34-3)18(12-17(16)14-30)24(32)27-21-7-5-6-19(26-21)23-29-28-22-9-8-15(2)31(22)23/h5-7,12-13,15H,4,8-11,14H2,1-3H3,(H,26,27,32). The number of ether oxygens (including phenoxy) is 2. The number of nitrogens with one attached hydrogen (secondary N) is 1. The van der Waals surface area contributed by atoms with E-state index in [1.165, 1.54) is 7.11 Å². The monoisotopic (exact) mass is 476 g/mol. The van der Waals surface area contributed by atoms with E-state index in [9.17, 15) is 9.59 Å². The number of pyridine rings is 1. The lowest BCUT2D eigenvalue weighted by molar-refractivity contribution is 0.102. The topological polar surface area (TPSA) is 111 Å².